The van der Waals surface area contributed by atoms with Crippen molar-refractivity contribution in [3.05, 3.63) is 132 Å². The molecule has 0 bridgehead atoms. The predicted molar refractivity (Wildman–Crippen MR) is 162 cm³/mol. The van der Waals surface area contributed by atoms with Crippen molar-refractivity contribution in [2.24, 2.45) is 0 Å². The lowest BCUT2D eigenvalue weighted by Crippen LogP contribution is -2.55. The number of amides is 4. The number of anilines is 2. The molecule has 0 atom stereocenters. The molecule has 0 aromatic heterocycles. The molecule has 0 spiro atoms. The van der Waals surface area contributed by atoms with Crippen molar-refractivity contribution in [3.63, 3.8) is 0 Å². The standard InChI is InChI=1S/C35H20F6N2O6/c36-34(37,38)33(35(39,40)41,23-13-7-15-25(42-27(44)17-18-28(42)45)31(23)48-21-9-3-1-4-10-21)24-14-8-16-26(43-29(46)19-20-30(43)47)32(24)49-22-11-5-2-6-12-22/h1-20H. The Morgan fingerprint density at radius 3 is 1.06 bits per heavy atom. The fraction of sp³-hybridized carbons (Fsp3) is 0.0857. The van der Waals surface area contributed by atoms with Gasteiger partial charge in [-0.15, -0.1) is 0 Å². The van der Waals surface area contributed by atoms with Crippen molar-refractivity contribution >= 4 is 35.0 Å². The molecule has 0 unspecified atom stereocenters. The normalized spacial score (nSPS) is 15.1. The number of alkyl halides is 6. The van der Waals surface area contributed by atoms with E-state index < -0.39 is 75.4 Å². The highest BCUT2D eigenvalue weighted by Crippen LogP contribution is 2.62. The summed E-state index contributed by atoms with van der Waals surface area (Å²) in [5, 5.41) is 0. The molecular formula is C35H20F6N2O6. The number of imide groups is 2. The smallest absolute Gasteiger partial charge is 0.411 e. The molecule has 49 heavy (non-hydrogen) atoms. The Bertz CT molecular complexity index is 1860. The molecule has 0 saturated heterocycles. The van der Waals surface area contributed by atoms with Crippen LogP contribution in [0, 0.1) is 0 Å². The number of hydrogen-bond acceptors (Lipinski definition) is 6. The quantitative estimate of drug-likeness (QED) is 0.141. The van der Waals surface area contributed by atoms with Gasteiger partial charge in [0, 0.05) is 35.4 Å². The zero-order valence-corrected chi connectivity index (χ0v) is 24.7. The minimum Gasteiger partial charge on any atom is -0.455 e. The first kappa shape index (κ1) is 32.7. The second kappa shape index (κ2) is 12.1. The predicted octanol–water partition coefficient (Wildman–Crippen LogP) is 7.54. The van der Waals surface area contributed by atoms with Crippen LogP contribution >= 0.6 is 0 Å². The number of hydrogen-bond donors (Lipinski definition) is 0. The summed E-state index contributed by atoms with van der Waals surface area (Å²) in [5.41, 5.74) is -9.62. The molecule has 0 N–H and O–H groups in total. The van der Waals surface area contributed by atoms with Crippen molar-refractivity contribution < 1.29 is 55.0 Å². The van der Waals surface area contributed by atoms with Crippen LogP contribution in [0.4, 0.5) is 37.7 Å². The summed E-state index contributed by atoms with van der Waals surface area (Å²) in [4.78, 5) is 51.8. The Balaban J connectivity index is 1.75. The fourth-order valence-electron chi connectivity index (χ4n) is 5.61. The van der Waals surface area contributed by atoms with Crippen molar-refractivity contribution in [3.8, 4) is 23.0 Å². The second-order valence-corrected chi connectivity index (χ2v) is 10.6. The Morgan fingerprint density at radius 1 is 0.429 bits per heavy atom. The van der Waals surface area contributed by atoms with Gasteiger partial charge >= 0.3 is 12.4 Å². The van der Waals surface area contributed by atoms with Gasteiger partial charge < -0.3 is 9.47 Å². The maximum absolute atomic E-state index is 15.9. The van der Waals surface area contributed by atoms with Crippen LogP contribution in [0.1, 0.15) is 11.1 Å². The van der Waals surface area contributed by atoms with Gasteiger partial charge in [-0.3, -0.25) is 19.2 Å². The largest absolute Gasteiger partial charge is 0.455 e. The fourth-order valence-corrected chi connectivity index (χ4v) is 5.61. The van der Waals surface area contributed by atoms with Crippen LogP contribution in [-0.4, -0.2) is 36.0 Å². The molecule has 0 aliphatic carbocycles. The van der Waals surface area contributed by atoms with Gasteiger partial charge in [-0.1, -0.05) is 60.7 Å². The van der Waals surface area contributed by atoms with Crippen LogP contribution in [0.25, 0.3) is 0 Å². The van der Waals surface area contributed by atoms with E-state index in [1.54, 1.807) is 0 Å². The van der Waals surface area contributed by atoms with E-state index in [0.717, 1.165) is 48.6 Å². The first-order chi connectivity index (χ1) is 23.3. The van der Waals surface area contributed by atoms with Gasteiger partial charge in [-0.2, -0.15) is 26.3 Å². The average Bonchev–Trinajstić information content (AvgIpc) is 3.57. The molecule has 0 fully saturated rings. The highest BCUT2D eigenvalue weighted by Gasteiger charge is 2.75. The second-order valence-electron chi connectivity index (χ2n) is 10.6. The van der Waals surface area contributed by atoms with Gasteiger partial charge in [0.05, 0.1) is 11.4 Å². The lowest BCUT2D eigenvalue weighted by molar-refractivity contribution is -0.289. The van der Waals surface area contributed by atoms with Gasteiger partial charge in [0.25, 0.3) is 23.6 Å². The number of carbonyl (C=O) groups excluding carboxylic acids is 4. The van der Waals surface area contributed by atoms with Crippen LogP contribution in [0.3, 0.4) is 0 Å². The number of nitrogens with zero attached hydrogens (tertiary/aromatic N) is 2. The molecule has 0 radical (unpaired) electrons. The van der Waals surface area contributed by atoms with Crippen LogP contribution < -0.4 is 19.3 Å². The zero-order chi connectivity index (χ0) is 35.1. The molecule has 0 saturated carbocycles. The highest BCUT2D eigenvalue weighted by molar-refractivity contribution is 6.29. The molecule has 8 nitrogen and oxygen atoms in total. The van der Waals surface area contributed by atoms with Crippen LogP contribution in [0.5, 0.6) is 23.0 Å². The number of benzene rings is 4. The molecule has 2 aliphatic rings. The minimum absolute atomic E-state index is 0.227. The van der Waals surface area contributed by atoms with Crippen molar-refractivity contribution in [1.82, 2.24) is 0 Å². The third-order valence-electron chi connectivity index (χ3n) is 7.67. The van der Waals surface area contributed by atoms with Gasteiger partial charge in [0.15, 0.2) is 11.5 Å². The zero-order valence-electron chi connectivity index (χ0n) is 24.7. The maximum atomic E-state index is 15.9. The van der Waals surface area contributed by atoms with Gasteiger partial charge in [0.1, 0.15) is 11.5 Å². The molecule has 248 valence electrons. The van der Waals surface area contributed by atoms with Crippen molar-refractivity contribution in [2.75, 3.05) is 9.80 Å². The summed E-state index contributed by atoms with van der Waals surface area (Å²) in [6, 6.07) is 18.2. The van der Waals surface area contributed by atoms with E-state index in [-0.39, 0.29) is 11.5 Å². The summed E-state index contributed by atoms with van der Waals surface area (Å²) in [5.74, 6) is -6.88. The lowest BCUT2D eigenvalue weighted by atomic mass is 9.71. The van der Waals surface area contributed by atoms with Gasteiger partial charge in [-0.25, -0.2) is 9.80 Å². The average molecular weight is 679 g/mol. The van der Waals surface area contributed by atoms with Crippen LogP contribution in [0.2, 0.25) is 0 Å². The van der Waals surface area contributed by atoms with E-state index in [2.05, 4.69) is 0 Å². The highest BCUT2D eigenvalue weighted by atomic mass is 19.4. The van der Waals surface area contributed by atoms with Crippen molar-refractivity contribution in [1.29, 1.82) is 0 Å². The van der Waals surface area contributed by atoms with Crippen LogP contribution in [0.15, 0.2) is 121 Å². The van der Waals surface area contributed by atoms with Crippen LogP contribution in [-0.2, 0) is 24.6 Å². The topological polar surface area (TPSA) is 93.2 Å². The molecule has 2 aliphatic heterocycles. The van der Waals surface area contributed by atoms with E-state index >= 15 is 26.3 Å². The summed E-state index contributed by atoms with van der Waals surface area (Å²) < 4.78 is 107. The Morgan fingerprint density at radius 2 is 0.755 bits per heavy atom. The molecule has 2 heterocycles. The molecule has 4 aromatic carbocycles. The summed E-state index contributed by atoms with van der Waals surface area (Å²) in [6.45, 7) is 0. The molecule has 6 rings (SSSR count). The Hall–Kier alpha value is -6.18. The summed E-state index contributed by atoms with van der Waals surface area (Å²) in [6.07, 6.45) is -9.32. The first-order valence-electron chi connectivity index (χ1n) is 14.2. The van der Waals surface area contributed by atoms with Gasteiger partial charge in [-0.05, 0) is 36.4 Å². The maximum Gasteiger partial charge on any atom is 0.411 e. The number of halogens is 6. The van der Waals surface area contributed by atoms with E-state index in [0.29, 0.717) is 21.9 Å². The third kappa shape index (κ3) is 5.50. The van der Waals surface area contributed by atoms with E-state index in [4.69, 9.17) is 9.47 Å². The van der Waals surface area contributed by atoms with E-state index in [9.17, 15) is 19.2 Å². The van der Waals surface area contributed by atoms with E-state index in [1.807, 2.05) is 0 Å². The molecular weight excluding hydrogens is 658 g/mol. The summed E-state index contributed by atoms with van der Waals surface area (Å²) >= 11 is 0. The first-order valence-corrected chi connectivity index (χ1v) is 14.2. The number of para-hydroxylation sites is 4. The number of carbonyl (C=O) groups is 4. The monoisotopic (exact) mass is 678 g/mol. The molecule has 14 heteroatoms. The molecule has 4 amide bonds. The van der Waals surface area contributed by atoms with Crippen molar-refractivity contribution in [2.45, 2.75) is 17.8 Å². The Kier molecular flexibility index (Phi) is 8.10. The Labute approximate surface area is 273 Å². The number of ether oxygens (including phenoxy) is 2. The van der Waals surface area contributed by atoms with E-state index in [1.165, 1.54) is 60.7 Å². The minimum atomic E-state index is -6.26. The van der Waals surface area contributed by atoms with Gasteiger partial charge in [0.2, 0.25) is 5.41 Å². The lowest BCUT2D eigenvalue weighted by Gasteiger charge is -2.40. The number of rotatable bonds is 8. The summed E-state index contributed by atoms with van der Waals surface area (Å²) in [7, 11) is 0. The SMILES string of the molecule is O=C1C=CC(=O)N1c1cccc(C(c2cccc(N3C(=O)C=CC3=O)c2Oc2ccccc2)(C(F)(F)F)C(F)(F)F)c1Oc1ccccc1. The third-order valence-corrected chi connectivity index (χ3v) is 7.67. The molecule has 4 aromatic rings.